The van der Waals surface area contributed by atoms with Gasteiger partial charge in [0, 0.05) is 12.1 Å². The Morgan fingerprint density at radius 3 is 2.29 bits per heavy atom. The molecule has 0 unspecified atom stereocenters. The van der Waals surface area contributed by atoms with Gasteiger partial charge in [0.15, 0.2) is 0 Å². The van der Waals surface area contributed by atoms with Crippen molar-refractivity contribution in [1.82, 2.24) is 5.32 Å². The molecule has 0 saturated carbocycles. The van der Waals surface area contributed by atoms with E-state index in [1.807, 2.05) is 0 Å². The molecular weight excluding hydrogens is 199 g/mol. The molecule has 2 N–H and O–H groups in total. The number of rotatable bonds is 1. The average Bonchev–Trinajstić information content (AvgIpc) is 2.58. The number of carboxylic acid groups (broad SMARTS) is 1. The minimum absolute atomic E-state index is 0.429. The van der Waals surface area contributed by atoms with Gasteiger partial charge in [0.2, 0.25) is 0 Å². The van der Waals surface area contributed by atoms with Crippen molar-refractivity contribution in [2.75, 3.05) is 0 Å². The molecule has 0 aromatic rings. The first-order valence-corrected chi connectivity index (χ1v) is 4.47. The summed E-state index contributed by atoms with van der Waals surface area (Å²) < 4.78 is 37.6. The van der Waals surface area contributed by atoms with Crippen molar-refractivity contribution in [3.05, 3.63) is 0 Å². The highest BCUT2D eigenvalue weighted by atomic mass is 19.4. The quantitative estimate of drug-likeness (QED) is 0.677. The molecule has 6 heteroatoms. The van der Waals surface area contributed by atoms with Gasteiger partial charge in [0.25, 0.3) is 0 Å². The third-order valence-electron chi connectivity index (χ3n) is 3.13. The lowest BCUT2D eigenvalue weighted by atomic mass is 9.79. The first-order chi connectivity index (χ1) is 6.41. The highest BCUT2D eigenvalue weighted by molar-refractivity contribution is 5.72. The lowest BCUT2D eigenvalue weighted by Crippen LogP contribution is -2.42. The van der Waals surface area contributed by atoms with Crippen molar-refractivity contribution in [3.8, 4) is 0 Å². The summed E-state index contributed by atoms with van der Waals surface area (Å²) >= 11 is 0. The van der Waals surface area contributed by atoms with Crippen LogP contribution in [0.5, 0.6) is 0 Å². The van der Waals surface area contributed by atoms with E-state index < -0.39 is 36.1 Å². The van der Waals surface area contributed by atoms with Crippen molar-refractivity contribution >= 4 is 5.97 Å². The SMILES string of the molecule is O=C(O)[C@@H]1[C@H](C(F)(F)F)[C@H]2CC[C@@H]1N2. The summed E-state index contributed by atoms with van der Waals surface area (Å²) in [5.74, 6) is -4.35. The fraction of sp³-hybridized carbons (Fsp3) is 0.875. The van der Waals surface area contributed by atoms with Crippen LogP contribution in [0.3, 0.4) is 0 Å². The van der Waals surface area contributed by atoms with Gasteiger partial charge in [-0.15, -0.1) is 0 Å². The standard InChI is InChI=1S/C8H10F3NO2/c9-8(10,11)6-4-2-1-3(12-4)5(6)7(13)14/h3-6,12H,1-2H2,(H,13,14)/t3-,4+,5-,6+/m0/s1. The van der Waals surface area contributed by atoms with Crippen LogP contribution in [0.1, 0.15) is 12.8 Å². The highest BCUT2D eigenvalue weighted by Crippen LogP contribution is 2.46. The van der Waals surface area contributed by atoms with Crippen LogP contribution in [0.2, 0.25) is 0 Å². The minimum atomic E-state index is -4.41. The van der Waals surface area contributed by atoms with Crippen LogP contribution >= 0.6 is 0 Å². The Morgan fingerprint density at radius 1 is 1.29 bits per heavy atom. The van der Waals surface area contributed by atoms with Crippen molar-refractivity contribution in [1.29, 1.82) is 0 Å². The Hall–Kier alpha value is -0.780. The number of aliphatic carboxylic acids is 1. The molecule has 2 aliphatic heterocycles. The summed E-state index contributed by atoms with van der Waals surface area (Å²) in [6.45, 7) is 0. The first-order valence-electron chi connectivity index (χ1n) is 4.47. The lowest BCUT2D eigenvalue weighted by molar-refractivity contribution is -0.198. The number of halogens is 3. The second-order valence-electron chi connectivity index (χ2n) is 3.89. The lowest BCUT2D eigenvalue weighted by Gasteiger charge is -2.28. The normalized spacial score (nSPS) is 41.6. The van der Waals surface area contributed by atoms with Crippen molar-refractivity contribution in [2.24, 2.45) is 11.8 Å². The zero-order valence-electron chi connectivity index (χ0n) is 7.21. The van der Waals surface area contributed by atoms with E-state index in [9.17, 15) is 18.0 Å². The Labute approximate surface area is 78.3 Å². The van der Waals surface area contributed by atoms with E-state index in [0.29, 0.717) is 12.8 Å². The molecule has 4 atom stereocenters. The van der Waals surface area contributed by atoms with Gasteiger partial charge in [0.05, 0.1) is 11.8 Å². The Balaban J connectivity index is 2.26. The molecule has 0 radical (unpaired) electrons. The van der Waals surface area contributed by atoms with Gasteiger partial charge in [-0.25, -0.2) is 0 Å². The smallest absolute Gasteiger partial charge is 0.394 e. The van der Waals surface area contributed by atoms with Crippen molar-refractivity contribution in [2.45, 2.75) is 31.1 Å². The number of fused-ring (bicyclic) bond motifs is 2. The van der Waals surface area contributed by atoms with Gasteiger partial charge in [-0.2, -0.15) is 13.2 Å². The maximum Gasteiger partial charge on any atom is 0.394 e. The highest BCUT2D eigenvalue weighted by Gasteiger charge is 2.61. The Kier molecular flexibility index (Phi) is 1.99. The molecule has 0 spiro atoms. The van der Waals surface area contributed by atoms with Crippen LogP contribution in [-0.2, 0) is 4.79 Å². The monoisotopic (exact) mass is 209 g/mol. The molecule has 2 bridgehead atoms. The van der Waals surface area contributed by atoms with E-state index >= 15 is 0 Å². The van der Waals surface area contributed by atoms with Gasteiger partial charge in [-0.05, 0) is 12.8 Å². The molecule has 0 aromatic heterocycles. The Morgan fingerprint density at radius 2 is 1.86 bits per heavy atom. The van der Waals surface area contributed by atoms with E-state index in [1.54, 1.807) is 0 Å². The minimum Gasteiger partial charge on any atom is -0.481 e. The van der Waals surface area contributed by atoms with Crippen molar-refractivity contribution in [3.63, 3.8) is 0 Å². The average molecular weight is 209 g/mol. The van der Waals surface area contributed by atoms with Crippen LogP contribution < -0.4 is 5.32 Å². The summed E-state index contributed by atoms with van der Waals surface area (Å²) in [6, 6.07) is -1.19. The van der Waals surface area contributed by atoms with Crippen LogP contribution in [0, 0.1) is 11.8 Å². The zero-order valence-corrected chi connectivity index (χ0v) is 7.21. The van der Waals surface area contributed by atoms with Gasteiger partial charge in [0.1, 0.15) is 0 Å². The van der Waals surface area contributed by atoms with Crippen LogP contribution in [0.4, 0.5) is 13.2 Å². The zero-order chi connectivity index (χ0) is 10.5. The molecule has 2 heterocycles. The number of hydrogen-bond donors (Lipinski definition) is 2. The van der Waals surface area contributed by atoms with E-state index in [1.165, 1.54) is 0 Å². The predicted molar refractivity (Wildman–Crippen MR) is 40.6 cm³/mol. The number of nitrogens with one attached hydrogen (secondary N) is 1. The van der Waals surface area contributed by atoms with Crippen molar-refractivity contribution < 1.29 is 23.1 Å². The summed E-state index contributed by atoms with van der Waals surface area (Å²) in [5, 5.41) is 11.4. The molecule has 2 rings (SSSR count). The van der Waals surface area contributed by atoms with Crippen LogP contribution in [0.25, 0.3) is 0 Å². The molecule has 2 fully saturated rings. The molecule has 14 heavy (non-hydrogen) atoms. The molecule has 0 aliphatic carbocycles. The number of hydrogen-bond acceptors (Lipinski definition) is 2. The number of carboxylic acids is 1. The summed E-state index contributed by atoms with van der Waals surface area (Å²) in [4.78, 5) is 10.7. The topological polar surface area (TPSA) is 49.3 Å². The number of alkyl halides is 3. The molecule has 2 saturated heterocycles. The summed E-state index contributed by atoms with van der Waals surface area (Å²) in [7, 11) is 0. The fourth-order valence-electron chi connectivity index (χ4n) is 2.63. The molecule has 3 nitrogen and oxygen atoms in total. The second kappa shape index (κ2) is 2.85. The van der Waals surface area contributed by atoms with Gasteiger partial charge in [-0.3, -0.25) is 4.79 Å². The largest absolute Gasteiger partial charge is 0.481 e. The van der Waals surface area contributed by atoms with Crippen LogP contribution in [0.15, 0.2) is 0 Å². The van der Waals surface area contributed by atoms with Gasteiger partial charge in [-0.1, -0.05) is 0 Å². The van der Waals surface area contributed by atoms with Crippen LogP contribution in [-0.4, -0.2) is 29.3 Å². The summed E-state index contributed by atoms with van der Waals surface area (Å²) in [5.41, 5.74) is 0. The molecule has 0 aromatic carbocycles. The molecular formula is C8H10F3NO2. The molecule has 80 valence electrons. The number of carbonyl (C=O) groups is 1. The maximum atomic E-state index is 12.5. The van der Waals surface area contributed by atoms with Gasteiger partial charge < -0.3 is 10.4 Å². The third kappa shape index (κ3) is 1.28. The van der Waals surface area contributed by atoms with E-state index in [2.05, 4.69) is 5.32 Å². The van der Waals surface area contributed by atoms with E-state index in [0.717, 1.165) is 0 Å². The molecule has 2 aliphatic rings. The first kappa shape index (κ1) is 9.76. The third-order valence-corrected chi connectivity index (χ3v) is 3.13. The second-order valence-corrected chi connectivity index (χ2v) is 3.89. The Bertz CT molecular complexity index is 266. The van der Waals surface area contributed by atoms with E-state index in [4.69, 9.17) is 5.11 Å². The fourth-order valence-corrected chi connectivity index (χ4v) is 2.63. The van der Waals surface area contributed by atoms with E-state index in [-0.39, 0.29) is 0 Å². The molecule has 0 amide bonds. The maximum absolute atomic E-state index is 12.5. The van der Waals surface area contributed by atoms with Gasteiger partial charge >= 0.3 is 12.1 Å². The summed E-state index contributed by atoms with van der Waals surface area (Å²) in [6.07, 6.45) is -3.44. The predicted octanol–water partition coefficient (Wildman–Crippen LogP) is 1.000.